The molecule has 0 saturated heterocycles. The van der Waals surface area contributed by atoms with E-state index < -0.39 is 22.2 Å². The molecule has 0 spiro atoms. The average Bonchev–Trinajstić information content (AvgIpc) is 2.40. The number of nitro benzene ring substituents is 1. The first kappa shape index (κ1) is 13.5. The summed E-state index contributed by atoms with van der Waals surface area (Å²) in [6, 6.07) is 4.73. The van der Waals surface area contributed by atoms with E-state index in [1.165, 1.54) is 12.1 Å². The molecule has 104 valence electrons. The summed E-state index contributed by atoms with van der Waals surface area (Å²) in [4.78, 5) is 17.7. The molecule has 8 nitrogen and oxygen atoms in total. The van der Waals surface area contributed by atoms with Gasteiger partial charge in [0.1, 0.15) is 5.82 Å². The smallest absolute Gasteiger partial charge is 0.314 e. The minimum Gasteiger partial charge on any atom is -0.428 e. The number of aromatic nitrogens is 2. The summed E-state index contributed by atoms with van der Waals surface area (Å²) >= 11 is 0. The summed E-state index contributed by atoms with van der Waals surface area (Å²) in [5.41, 5.74) is 4.95. The third kappa shape index (κ3) is 2.71. The van der Waals surface area contributed by atoms with Gasteiger partial charge in [0, 0.05) is 19.2 Å². The lowest BCUT2D eigenvalue weighted by Gasteiger charge is -2.08. The molecule has 0 fully saturated rings. The highest BCUT2D eigenvalue weighted by Gasteiger charge is 2.21. The van der Waals surface area contributed by atoms with Crippen molar-refractivity contribution < 1.29 is 14.1 Å². The lowest BCUT2D eigenvalue weighted by atomic mass is 10.3. The van der Waals surface area contributed by atoms with Crippen molar-refractivity contribution in [2.75, 3.05) is 18.1 Å². The number of halogens is 1. The van der Waals surface area contributed by atoms with Crippen molar-refractivity contribution in [2.24, 2.45) is 0 Å². The van der Waals surface area contributed by atoms with Gasteiger partial charge in [0.25, 0.3) is 0 Å². The number of nitrogens with one attached hydrogen (secondary N) is 1. The molecular weight excluding hydrogens is 269 g/mol. The zero-order valence-electron chi connectivity index (χ0n) is 10.3. The number of nitro groups is 1. The monoisotopic (exact) mass is 279 g/mol. The number of para-hydroxylation sites is 1. The highest BCUT2D eigenvalue weighted by Crippen LogP contribution is 2.33. The first-order valence-electron chi connectivity index (χ1n) is 5.44. The van der Waals surface area contributed by atoms with Gasteiger partial charge in [0.05, 0.1) is 4.92 Å². The fourth-order valence-electron chi connectivity index (χ4n) is 1.47. The number of anilines is 2. The normalized spacial score (nSPS) is 10.1. The Kier molecular flexibility index (Phi) is 3.60. The Labute approximate surface area is 112 Å². The van der Waals surface area contributed by atoms with Crippen LogP contribution < -0.4 is 15.8 Å². The van der Waals surface area contributed by atoms with E-state index in [0.29, 0.717) is 5.82 Å². The second-order valence-electron chi connectivity index (χ2n) is 3.65. The van der Waals surface area contributed by atoms with Crippen molar-refractivity contribution in [3.8, 4) is 11.6 Å². The van der Waals surface area contributed by atoms with Gasteiger partial charge in [-0.1, -0.05) is 6.07 Å². The fraction of sp³-hybridized carbons (Fsp3) is 0.0909. The van der Waals surface area contributed by atoms with Crippen LogP contribution in [-0.4, -0.2) is 21.9 Å². The molecule has 0 aliphatic heterocycles. The molecule has 0 bridgehead atoms. The largest absolute Gasteiger partial charge is 0.428 e. The van der Waals surface area contributed by atoms with Crippen LogP contribution in [0.25, 0.3) is 0 Å². The summed E-state index contributed by atoms with van der Waals surface area (Å²) in [6.45, 7) is 0. The van der Waals surface area contributed by atoms with Crippen molar-refractivity contribution >= 4 is 17.5 Å². The van der Waals surface area contributed by atoms with Crippen LogP contribution in [0.2, 0.25) is 0 Å². The van der Waals surface area contributed by atoms with Gasteiger partial charge in [-0.3, -0.25) is 10.1 Å². The molecule has 0 radical (unpaired) electrons. The van der Waals surface area contributed by atoms with Crippen LogP contribution in [0.4, 0.5) is 21.8 Å². The first-order valence-corrected chi connectivity index (χ1v) is 5.44. The van der Waals surface area contributed by atoms with E-state index in [1.54, 1.807) is 7.05 Å². The van der Waals surface area contributed by atoms with Crippen molar-refractivity contribution in [3.63, 3.8) is 0 Å². The fourth-order valence-corrected chi connectivity index (χ4v) is 1.47. The lowest BCUT2D eigenvalue weighted by Crippen LogP contribution is -2.03. The van der Waals surface area contributed by atoms with Crippen molar-refractivity contribution in [1.29, 1.82) is 0 Å². The highest BCUT2D eigenvalue weighted by molar-refractivity contribution is 5.50. The Morgan fingerprint density at radius 1 is 1.45 bits per heavy atom. The number of hydrogen-bond donors (Lipinski definition) is 2. The molecular formula is C11H10FN5O3. The number of nitrogen functional groups attached to an aromatic ring is 1. The van der Waals surface area contributed by atoms with Gasteiger partial charge in [0.2, 0.25) is 17.6 Å². The van der Waals surface area contributed by atoms with Crippen LogP contribution in [0.1, 0.15) is 0 Å². The quantitative estimate of drug-likeness (QED) is 0.648. The van der Waals surface area contributed by atoms with Crippen molar-refractivity contribution in [1.82, 2.24) is 9.97 Å². The van der Waals surface area contributed by atoms with Gasteiger partial charge < -0.3 is 15.8 Å². The molecule has 1 heterocycles. The first-order chi connectivity index (χ1) is 9.51. The summed E-state index contributed by atoms with van der Waals surface area (Å²) in [7, 11) is 1.59. The maximum absolute atomic E-state index is 13.7. The maximum Gasteiger partial charge on any atom is 0.314 e. The van der Waals surface area contributed by atoms with Crippen LogP contribution in [0, 0.1) is 15.9 Å². The van der Waals surface area contributed by atoms with Crippen molar-refractivity contribution in [2.45, 2.75) is 0 Å². The van der Waals surface area contributed by atoms with Gasteiger partial charge in [-0.05, 0) is 6.07 Å². The maximum atomic E-state index is 13.7. The highest BCUT2D eigenvalue weighted by atomic mass is 19.1. The molecule has 2 aromatic rings. The molecule has 0 aliphatic carbocycles. The molecule has 1 aromatic carbocycles. The molecule has 1 aromatic heterocycles. The lowest BCUT2D eigenvalue weighted by molar-refractivity contribution is -0.385. The third-order valence-corrected chi connectivity index (χ3v) is 2.33. The Morgan fingerprint density at radius 2 is 2.20 bits per heavy atom. The Hall–Kier alpha value is -2.97. The molecule has 0 atom stereocenters. The molecule has 0 unspecified atom stereocenters. The van der Waals surface area contributed by atoms with E-state index in [0.717, 1.165) is 12.1 Å². The topological polar surface area (TPSA) is 116 Å². The summed E-state index contributed by atoms with van der Waals surface area (Å²) in [5, 5.41) is 13.6. The van der Waals surface area contributed by atoms with E-state index in [9.17, 15) is 14.5 Å². The number of nitrogens with zero attached hydrogens (tertiary/aromatic N) is 3. The molecule has 0 amide bonds. The number of benzene rings is 1. The zero-order chi connectivity index (χ0) is 14.7. The van der Waals surface area contributed by atoms with Gasteiger partial charge in [-0.25, -0.2) is 4.39 Å². The van der Waals surface area contributed by atoms with Gasteiger partial charge in [-0.2, -0.15) is 9.97 Å². The van der Waals surface area contributed by atoms with Gasteiger partial charge in [0.15, 0.2) is 5.82 Å². The SMILES string of the molecule is CNc1cc(Oc2c(F)cccc2[N+](=O)[O-])nc(N)n1. The van der Waals surface area contributed by atoms with E-state index in [-0.39, 0.29) is 11.8 Å². The number of nitrogens with two attached hydrogens (primary N) is 1. The van der Waals surface area contributed by atoms with Crippen LogP contribution in [0.15, 0.2) is 24.3 Å². The second kappa shape index (κ2) is 5.34. The zero-order valence-corrected chi connectivity index (χ0v) is 10.3. The van der Waals surface area contributed by atoms with E-state index in [2.05, 4.69) is 15.3 Å². The van der Waals surface area contributed by atoms with Crippen molar-refractivity contribution in [3.05, 3.63) is 40.2 Å². The minimum absolute atomic E-state index is 0.102. The average molecular weight is 279 g/mol. The van der Waals surface area contributed by atoms with Gasteiger partial charge >= 0.3 is 5.69 Å². The molecule has 9 heteroatoms. The standard InChI is InChI=1S/C11H10FN5O3/c1-14-8-5-9(16-11(13)15-8)20-10-6(12)3-2-4-7(10)17(18)19/h2-5H,1H3,(H3,13,14,15,16). The van der Waals surface area contributed by atoms with Crippen LogP contribution >= 0.6 is 0 Å². The summed E-state index contributed by atoms with van der Waals surface area (Å²) in [5.74, 6) is -1.27. The van der Waals surface area contributed by atoms with E-state index in [4.69, 9.17) is 10.5 Å². The second-order valence-corrected chi connectivity index (χ2v) is 3.65. The molecule has 20 heavy (non-hydrogen) atoms. The number of rotatable bonds is 4. The Balaban J connectivity index is 2.44. The molecule has 3 N–H and O–H groups in total. The number of hydrogen-bond acceptors (Lipinski definition) is 7. The summed E-state index contributed by atoms with van der Waals surface area (Å²) in [6.07, 6.45) is 0. The predicted octanol–water partition coefficient (Wildman–Crippen LogP) is 1.94. The Morgan fingerprint density at radius 3 is 2.85 bits per heavy atom. The third-order valence-electron chi connectivity index (χ3n) is 2.33. The molecule has 0 saturated carbocycles. The molecule has 2 rings (SSSR count). The summed E-state index contributed by atoms with van der Waals surface area (Å²) < 4.78 is 18.8. The van der Waals surface area contributed by atoms with Crippen LogP contribution in [0.3, 0.4) is 0 Å². The van der Waals surface area contributed by atoms with E-state index >= 15 is 0 Å². The van der Waals surface area contributed by atoms with Gasteiger partial charge in [-0.15, -0.1) is 0 Å². The number of ether oxygens (including phenoxy) is 1. The minimum atomic E-state index is -0.873. The van der Waals surface area contributed by atoms with Crippen LogP contribution in [0.5, 0.6) is 11.6 Å². The molecule has 0 aliphatic rings. The van der Waals surface area contributed by atoms with E-state index in [1.807, 2.05) is 0 Å². The Bertz CT molecular complexity index is 665. The predicted molar refractivity (Wildman–Crippen MR) is 69.1 cm³/mol. The van der Waals surface area contributed by atoms with Crippen LogP contribution in [-0.2, 0) is 0 Å².